The van der Waals surface area contributed by atoms with Gasteiger partial charge in [-0.25, -0.2) is 0 Å². The van der Waals surface area contributed by atoms with Crippen molar-refractivity contribution in [3.63, 3.8) is 0 Å². The number of benzene rings is 1. The maximum Gasteiger partial charge on any atom is 0.416 e. The van der Waals surface area contributed by atoms with Crippen molar-refractivity contribution in [3.05, 3.63) is 35.4 Å². The van der Waals surface area contributed by atoms with Gasteiger partial charge >= 0.3 is 6.18 Å². The van der Waals surface area contributed by atoms with Crippen LogP contribution in [0.2, 0.25) is 0 Å². The van der Waals surface area contributed by atoms with Gasteiger partial charge in [0.05, 0.1) is 31.2 Å². The Labute approximate surface area is 132 Å². The van der Waals surface area contributed by atoms with Crippen LogP contribution in [0.4, 0.5) is 13.2 Å². The molecule has 0 radical (unpaired) electrons. The van der Waals surface area contributed by atoms with Crippen LogP contribution in [0.5, 0.6) is 0 Å². The zero-order chi connectivity index (χ0) is 16.4. The Hall–Kier alpha value is -1.60. The van der Waals surface area contributed by atoms with Crippen molar-refractivity contribution in [2.75, 3.05) is 32.9 Å². The summed E-state index contributed by atoms with van der Waals surface area (Å²) in [4.78, 5) is 14.0. The van der Waals surface area contributed by atoms with E-state index in [2.05, 4.69) is 0 Å². The summed E-state index contributed by atoms with van der Waals surface area (Å²) in [5, 5.41) is 0. The maximum atomic E-state index is 13.2. The SMILES string of the molecule is O=C(C1CCOC1)N1CCOC(c2ccccc2C(F)(F)F)C1. The van der Waals surface area contributed by atoms with E-state index in [4.69, 9.17) is 9.47 Å². The predicted molar refractivity (Wildman–Crippen MR) is 75.6 cm³/mol. The Kier molecular flexibility index (Phi) is 4.59. The number of nitrogens with zero attached hydrogens (tertiary/aromatic N) is 1. The lowest BCUT2D eigenvalue weighted by Crippen LogP contribution is -2.45. The minimum atomic E-state index is -4.44. The first-order valence-electron chi connectivity index (χ1n) is 7.61. The third-order valence-corrected chi connectivity index (χ3v) is 4.27. The molecule has 7 heteroatoms. The summed E-state index contributed by atoms with van der Waals surface area (Å²) in [6.45, 7) is 1.72. The first kappa shape index (κ1) is 16.3. The van der Waals surface area contributed by atoms with Crippen molar-refractivity contribution in [2.24, 2.45) is 5.92 Å². The second kappa shape index (κ2) is 6.49. The second-order valence-corrected chi connectivity index (χ2v) is 5.79. The van der Waals surface area contributed by atoms with Crippen LogP contribution in [0.3, 0.4) is 0 Å². The molecule has 3 rings (SSSR count). The molecule has 0 bridgehead atoms. The molecule has 1 aromatic carbocycles. The lowest BCUT2D eigenvalue weighted by atomic mass is 9.99. The lowest BCUT2D eigenvalue weighted by Gasteiger charge is -2.35. The van der Waals surface area contributed by atoms with Gasteiger partial charge in [0, 0.05) is 13.2 Å². The van der Waals surface area contributed by atoms with E-state index in [0.717, 1.165) is 6.07 Å². The zero-order valence-corrected chi connectivity index (χ0v) is 12.5. The van der Waals surface area contributed by atoms with Gasteiger partial charge in [0.2, 0.25) is 5.91 Å². The molecule has 1 amide bonds. The van der Waals surface area contributed by atoms with Gasteiger partial charge in [0.25, 0.3) is 0 Å². The summed E-state index contributed by atoms with van der Waals surface area (Å²) < 4.78 is 50.2. The van der Waals surface area contributed by atoms with E-state index in [1.165, 1.54) is 12.1 Å². The van der Waals surface area contributed by atoms with Gasteiger partial charge in [-0.2, -0.15) is 13.2 Å². The number of morpholine rings is 1. The highest BCUT2D eigenvalue weighted by molar-refractivity contribution is 5.79. The molecular weight excluding hydrogens is 311 g/mol. The smallest absolute Gasteiger partial charge is 0.381 e. The largest absolute Gasteiger partial charge is 0.416 e. The average Bonchev–Trinajstić information content (AvgIpc) is 3.08. The molecule has 126 valence electrons. The molecule has 2 heterocycles. The van der Waals surface area contributed by atoms with E-state index in [0.29, 0.717) is 26.2 Å². The van der Waals surface area contributed by atoms with E-state index < -0.39 is 17.8 Å². The number of carbonyl (C=O) groups excluding carboxylic acids is 1. The molecule has 2 unspecified atom stereocenters. The summed E-state index contributed by atoms with van der Waals surface area (Å²) in [6.07, 6.45) is -4.53. The molecule has 2 saturated heterocycles. The Balaban J connectivity index is 1.78. The summed E-state index contributed by atoms with van der Waals surface area (Å²) >= 11 is 0. The van der Waals surface area contributed by atoms with Crippen molar-refractivity contribution in [3.8, 4) is 0 Å². The first-order valence-corrected chi connectivity index (χ1v) is 7.61. The molecular formula is C16H18F3NO3. The molecule has 0 N–H and O–H groups in total. The standard InChI is InChI=1S/C16H18F3NO3/c17-16(18,19)13-4-2-1-3-12(13)14-9-20(6-8-23-14)15(21)11-5-7-22-10-11/h1-4,11,14H,5-10H2. The molecule has 4 nitrogen and oxygen atoms in total. The zero-order valence-electron chi connectivity index (χ0n) is 12.5. The fraction of sp³-hybridized carbons (Fsp3) is 0.562. The van der Waals surface area contributed by atoms with Crippen LogP contribution in [0, 0.1) is 5.92 Å². The molecule has 23 heavy (non-hydrogen) atoms. The van der Waals surface area contributed by atoms with Crippen LogP contribution in [0.25, 0.3) is 0 Å². The van der Waals surface area contributed by atoms with Gasteiger partial charge in [-0.1, -0.05) is 18.2 Å². The molecule has 2 atom stereocenters. The van der Waals surface area contributed by atoms with Crippen LogP contribution in [0.1, 0.15) is 23.7 Å². The molecule has 0 aromatic heterocycles. The average molecular weight is 329 g/mol. The maximum absolute atomic E-state index is 13.2. The van der Waals surface area contributed by atoms with Gasteiger partial charge in [0.15, 0.2) is 0 Å². The highest BCUT2D eigenvalue weighted by Gasteiger charge is 2.38. The molecule has 0 spiro atoms. The van der Waals surface area contributed by atoms with Gasteiger partial charge in [-0.3, -0.25) is 4.79 Å². The fourth-order valence-electron chi connectivity index (χ4n) is 3.06. The van der Waals surface area contributed by atoms with Crippen molar-refractivity contribution in [1.29, 1.82) is 0 Å². The predicted octanol–water partition coefficient (Wildman–Crippen LogP) is 2.64. The van der Waals surface area contributed by atoms with Crippen LogP contribution in [-0.4, -0.2) is 43.7 Å². The number of carbonyl (C=O) groups is 1. The molecule has 2 aliphatic rings. The lowest BCUT2D eigenvalue weighted by molar-refractivity contribution is -0.146. The first-order chi connectivity index (χ1) is 11.0. The van der Waals surface area contributed by atoms with E-state index in [1.54, 1.807) is 11.0 Å². The van der Waals surface area contributed by atoms with Crippen LogP contribution in [-0.2, 0) is 20.4 Å². The van der Waals surface area contributed by atoms with Crippen LogP contribution < -0.4 is 0 Å². The molecule has 0 aliphatic carbocycles. The Morgan fingerprint density at radius 3 is 2.70 bits per heavy atom. The number of hydrogen-bond acceptors (Lipinski definition) is 3. The monoisotopic (exact) mass is 329 g/mol. The molecule has 2 fully saturated rings. The highest BCUT2D eigenvalue weighted by Crippen LogP contribution is 2.36. The molecule has 1 aromatic rings. The Morgan fingerprint density at radius 2 is 2.00 bits per heavy atom. The summed E-state index contributed by atoms with van der Waals surface area (Å²) in [7, 11) is 0. The third kappa shape index (κ3) is 3.50. The van der Waals surface area contributed by atoms with Gasteiger partial charge < -0.3 is 14.4 Å². The number of rotatable bonds is 2. The third-order valence-electron chi connectivity index (χ3n) is 4.27. The second-order valence-electron chi connectivity index (χ2n) is 5.79. The van der Waals surface area contributed by atoms with Gasteiger partial charge in [-0.05, 0) is 18.1 Å². The summed E-state index contributed by atoms with van der Waals surface area (Å²) in [5.74, 6) is -0.244. The highest BCUT2D eigenvalue weighted by atomic mass is 19.4. The van der Waals surface area contributed by atoms with Crippen LogP contribution >= 0.6 is 0 Å². The van der Waals surface area contributed by atoms with E-state index >= 15 is 0 Å². The van der Waals surface area contributed by atoms with E-state index in [1.807, 2.05) is 0 Å². The molecule has 2 aliphatic heterocycles. The van der Waals surface area contributed by atoms with E-state index in [-0.39, 0.29) is 30.5 Å². The van der Waals surface area contributed by atoms with Crippen LogP contribution in [0.15, 0.2) is 24.3 Å². The Morgan fingerprint density at radius 1 is 1.22 bits per heavy atom. The minimum Gasteiger partial charge on any atom is -0.381 e. The summed E-state index contributed by atoms with van der Waals surface area (Å²) in [6, 6.07) is 5.37. The minimum absolute atomic E-state index is 0.0553. The number of hydrogen-bond donors (Lipinski definition) is 0. The summed E-state index contributed by atoms with van der Waals surface area (Å²) in [5.41, 5.74) is -0.622. The van der Waals surface area contributed by atoms with Gasteiger partial charge in [0.1, 0.15) is 6.10 Å². The quantitative estimate of drug-likeness (QED) is 0.837. The van der Waals surface area contributed by atoms with Gasteiger partial charge in [-0.15, -0.1) is 0 Å². The number of amides is 1. The van der Waals surface area contributed by atoms with Crippen molar-refractivity contribution >= 4 is 5.91 Å². The van der Waals surface area contributed by atoms with Crippen molar-refractivity contribution in [2.45, 2.75) is 18.7 Å². The number of halogens is 3. The normalized spacial score (nSPS) is 25.6. The fourth-order valence-corrected chi connectivity index (χ4v) is 3.06. The Bertz CT molecular complexity index is 570. The number of ether oxygens (including phenoxy) is 2. The topological polar surface area (TPSA) is 38.8 Å². The van der Waals surface area contributed by atoms with Crippen molar-refractivity contribution in [1.82, 2.24) is 4.90 Å². The van der Waals surface area contributed by atoms with E-state index in [9.17, 15) is 18.0 Å². The number of alkyl halides is 3. The molecule has 0 saturated carbocycles. The van der Waals surface area contributed by atoms with Crippen molar-refractivity contribution < 1.29 is 27.4 Å².